The second-order valence-electron chi connectivity index (χ2n) is 3.76. The van der Waals surface area contributed by atoms with Crippen molar-refractivity contribution < 1.29 is 0 Å². The van der Waals surface area contributed by atoms with Crippen LogP contribution in [0.1, 0.15) is 12.0 Å². The third-order valence-corrected chi connectivity index (χ3v) is 2.77. The molecular formula is C11H14BrN3. The molecule has 0 aromatic heterocycles. The first-order valence-corrected chi connectivity index (χ1v) is 5.08. The van der Waals surface area contributed by atoms with E-state index in [0.717, 1.165) is 25.6 Å². The second-order valence-corrected chi connectivity index (χ2v) is 3.76. The number of para-hydroxylation sites is 1. The Morgan fingerprint density at radius 1 is 1.27 bits per heavy atom. The zero-order valence-electron chi connectivity index (χ0n) is 8.44. The lowest BCUT2D eigenvalue weighted by atomic mass is 10.1. The predicted octanol–water partition coefficient (Wildman–Crippen LogP) is 2.25. The van der Waals surface area contributed by atoms with E-state index in [1.807, 2.05) is 0 Å². The highest BCUT2D eigenvalue weighted by Crippen LogP contribution is 2.23. The first-order valence-electron chi connectivity index (χ1n) is 5.08. The van der Waals surface area contributed by atoms with Crippen molar-refractivity contribution in [2.75, 3.05) is 18.4 Å². The van der Waals surface area contributed by atoms with Crippen molar-refractivity contribution in [3.63, 3.8) is 0 Å². The second kappa shape index (κ2) is 4.23. The Labute approximate surface area is 100.0 Å². The standard InChI is InChI=1S/C11H13N3.BrH/c1-2-5-10-9(4-1)8-14-7-3-6-12-11(14)13-10;/h1-2,4-5H,3,6-8H2,(H,12,13);1H. The van der Waals surface area contributed by atoms with E-state index in [9.17, 15) is 0 Å². The maximum absolute atomic E-state index is 4.48. The summed E-state index contributed by atoms with van der Waals surface area (Å²) in [5.74, 6) is 1.05. The minimum Gasteiger partial charge on any atom is -0.338 e. The van der Waals surface area contributed by atoms with Gasteiger partial charge in [-0.1, -0.05) is 18.2 Å². The van der Waals surface area contributed by atoms with Crippen molar-refractivity contribution in [2.24, 2.45) is 4.99 Å². The molecule has 0 radical (unpaired) electrons. The summed E-state index contributed by atoms with van der Waals surface area (Å²) >= 11 is 0. The lowest BCUT2D eigenvalue weighted by Gasteiger charge is -2.34. The van der Waals surface area contributed by atoms with Crippen molar-refractivity contribution in [1.29, 1.82) is 0 Å². The molecular weight excluding hydrogens is 254 g/mol. The summed E-state index contributed by atoms with van der Waals surface area (Å²) in [4.78, 5) is 6.79. The van der Waals surface area contributed by atoms with Crippen molar-refractivity contribution in [3.05, 3.63) is 29.8 Å². The Bertz CT molecular complexity index is 389. The molecule has 0 bridgehead atoms. The van der Waals surface area contributed by atoms with E-state index in [2.05, 4.69) is 39.5 Å². The van der Waals surface area contributed by atoms with Gasteiger partial charge in [-0.25, -0.2) is 0 Å². The fourth-order valence-corrected chi connectivity index (χ4v) is 2.03. The summed E-state index contributed by atoms with van der Waals surface area (Å²) in [6.45, 7) is 3.09. The van der Waals surface area contributed by atoms with Crippen LogP contribution in [0.15, 0.2) is 29.3 Å². The fourth-order valence-electron chi connectivity index (χ4n) is 2.03. The van der Waals surface area contributed by atoms with Crippen LogP contribution in [0.4, 0.5) is 5.69 Å². The van der Waals surface area contributed by atoms with E-state index in [0.29, 0.717) is 0 Å². The van der Waals surface area contributed by atoms with Gasteiger partial charge in [0, 0.05) is 25.3 Å². The van der Waals surface area contributed by atoms with Gasteiger partial charge in [0.15, 0.2) is 5.96 Å². The average molecular weight is 268 g/mol. The number of benzene rings is 1. The first-order chi connectivity index (χ1) is 6.93. The van der Waals surface area contributed by atoms with Gasteiger partial charge < -0.3 is 10.2 Å². The quantitative estimate of drug-likeness (QED) is 0.781. The molecule has 15 heavy (non-hydrogen) atoms. The van der Waals surface area contributed by atoms with Crippen molar-refractivity contribution >= 4 is 28.6 Å². The molecule has 2 aliphatic rings. The van der Waals surface area contributed by atoms with E-state index >= 15 is 0 Å². The van der Waals surface area contributed by atoms with Crippen molar-refractivity contribution in [3.8, 4) is 0 Å². The number of aliphatic imine (C=N–C) groups is 1. The monoisotopic (exact) mass is 267 g/mol. The van der Waals surface area contributed by atoms with Gasteiger partial charge in [0.1, 0.15) is 0 Å². The number of nitrogens with zero attached hydrogens (tertiary/aromatic N) is 2. The van der Waals surface area contributed by atoms with Crippen LogP contribution >= 0.6 is 17.0 Å². The lowest BCUT2D eigenvalue weighted by molar-refractivity contribution is 0.382. The molecule has 0 amide bonds. The largest absolute Gasteiger partial charge is 0.338 e. The zero-order valence-corrected chi connectivity index (χ0v) is 10.2. The molecule has 0 fully saturated rings. The molecule has 2 heterocycles. The predicted molar refractivity (Wildman–Crippen MR) is 67.7 cm³/mol. The summed E-state index contributed by atoms with van der Waals surface area (Å²) in [6, 6.07) is 8.44. The third kappa shape index (κ3) is 1.86. The number of anilines is 1. The van der Waals surface area contributed by atoms with E-state index in [-0.39, 0.29) is 17.0 Å². The Balaban J connectivity index is 0.000000853. The molecule has 1 N–H and O–H groups in total. The summed E-state index contributed by atoms with van der Waals surface area (Å²) in [6.07, 6.45) is 1.17. The topological polar surface area (TPSA) is 27.6 Å². The summed E-state index contributed by atoms with van der Waals surface area (Å²) in [7, 11) is 0. The van der Waals surface area contributed by atoms with E-state index in [4.69, 9.17) is 0 Å². The number of guanidine groups is 1. The molecule has 2 aliphatic heterocycles. The van der Waals surface area contributed by atoms with Gasteiger partial charge in [-0.3, -0.25) is 4.99 Å². The number of nitrogens with one attached hydrogen (secondary N) is 1. The fraction of sp³-hybridized carbons (Fsp3) is 0.364. The van der Waals surface area contributed by atoms with Gasteiger partial charge in [0.2, 0.25) is 0 Å². The average Bonchev–Trinajstić information content (AvgIpc) is 2.26. The van der Waals surface area contributed by atoms with Crippen LogP contribution in [0.2, 0.25) is 0 Å². The highest BCUT2D eigenvalue weighted by molar-refractivity contribution is 8.93. The Kier molecular flexibility index (Phi) is 2.95. The maximum atomic E-state index is 4.48. The Morgan fingerprint density at radius 3 is 3.07 bits per heavy atom. The van der Waals surface area contributed by atoms with E-state index in [1.165, 1.54) is 17.7 Å². The summed E-state index contributed by atoms with van der Waals surface area (Å²) in [5, 5.41) is 3.37. The first kappa shape index (κ1) is 10.5. The van der Waals surface area contributed by atoms with Crippen LogP contribution < -0.4 is 5.32 Å². The van der Waals surface area contributed by atoms with Gasteiger partial charge in [-0.15, -0.1) is 17.0 Å². The number of fused-ring (bicyclic) bond motifs is 2. The normalized spacial score (nSPS) is 17.9. The SMILES string of the molecule is Br.c1ccc2c(c1)CN1CCCN=C1N2. The molecule has 0 saturated heterocycles. The highest BCUT2D eigenvalue weighted by atomic mass is 79.9. The molecule has 0 aliphatic carbocycles. The van der Waals surface area contributed by atoms with Crippen LogP contribution in [0.3, 0.4) is 0 Å². The van der Waals surface area contributed by atoms with Crippen LogP contribution in [0, 0.1) is 0 Å². The summed E-state index contributed by atoms with van der Waals surface area (Å²) in [5.41, 5.74) is 2.58. The van der Waals surface area contributed by atoms with Crippen LogP contribution in [-0.2, 0) is 6.54 Å². The molecule has 4 heteroatoms. The van der Waals surface area contributed by atoms with Gasteiger partial charge in [-0.05, 0) is 18.1 Å². The molecule has 3 rings (SSSR count). The number of hydrogen-bond acceptors (Lipinski definition) is 3. The smallest absolute Gasteiger partial charge is 0.198 e. The van der Waals surface area contributed by atoms with Crippen LogP contribution in [0.5, 0.6) is 0 Å². The Morgan fingerprint density at radius 2 is 2.13 bits per heavy atom. The van der Waals surface area contributed by atoms with Crippen LogP contribution in [-0.4, -0.2) is 23.9 Å². The molecule has 1 aromatic rings. The van der Waals surface area contributed by atoms with E-state index < -0.39 is 0 Å². The van der Waals surface area contributed by atoms with E-state index in [1.54, 1.807) is 0 Å². The molecule has 0 saturated carbocycles. The van der Waals surface area contributed by atoms with Crippen molar-refractivity contribution in [2.45, 2.75) is 13.0 Å². The third-order valence-electron chi connectivity index (χ3n) is 2.77. The summed E-state index contributed by atoms with van der Waals surface area (Å²) < 4.78 is 0. The van der Waals surface area contributed by atoms with Gasteiger partial charge in [0.05, 0.1) is 0 Å². The lowest BCUT2D eigenvalue weighted by Crippen LogP contribution is -2.43. The molecule has 3 nitrogen and oxygen atoms in total. The van der Waals surface area contributed by atoms with Crippen LogP contribution in [0.25, 0.3) is 0 Å². The Hall–Kier alpha value is -1.03. The zero-order chi connectivity index (χ0) is 9.38. The molecule has 0 unspecified atom stereocenters. The maximum Gasteiger partial charge on any atom is 0.198 e. The minimum absolute atomic E-state index is 0. The number of hydrogen-bond donors (Lipinski definition) is 1. The number of rotatable bonds is 0. The van der Waals surface area contributed by atoms with Gasteiger partial charge in [-0.2, -0.15) is 0 Å². The molecule has 0 atom stereocenters. The van der Waals surface area contributed by atoms with Gasteiger partial charge in [0.25, 0.3) is 0 Å². The minimum atomic E-state index is 0. The molecule has 0 spiro atoms. The molecule has 80 valence electrons. The highest BCUT2D eigenvalue weighted by Gasteiger charge is 2.21. The van der Waals surface area contributed by atoms with Crippen molar-refractivity contribution in [1.82, 2.24) is 4.90 Å². The van der Waals surface area contributed by atoms with Gasteiger partial charge >= 0.3 is 0 Å². The molecule has 1 aromatic carbocycles. The number of halogens is 1.